The zero-order valence-electron chi connectivity index (χ0n) is 9.19. The molecule has 0 aliphatic carbocycles. The van der Waals surface area contributed by atoms with Crippen LogP contribution in [0, 0.1) is 0 Å². The van der Waals surface area contributed by atoms with Crippen LogP contribution in [0.1, 0.15) is 24.8 Å². The zero-order valence-corrected chi connectivity index (χ0v) is 9.19. The molecule has 0 amide bonds. The van der Waals surface area contributed by atoms with E-state index in [1.54, 1.807) is 7.11 Å². The number of methoxy groups -OCH3 is 1. The molecule has 1 atom stereocenters. The van der Waals surface area contributed by atoms with Crippen LogP contribution in [-0.4, -0.2) is 13.4 Å². The molecule has 15 heavy (non-hydrogen) atoms. The highest BCUT2D eigenvalue weighted by molar-refractivity contribution is 5.74. The predicted octanol–water partition coefficient (Wildman–Crippen LogP) is 2.94. The monoisotopic (exact) mass is 204 g/mol. The Morgan fingerprint density at radius 3 is 2.87 bits per heavy atom. The first kappa shape index (κ1) is 11.5. The highest BCUT2D eigenvalue weighted by Gasteiger charge is 2.12. The summed E-state index contributed by atoms with van der Waals surface area (Å²) in [5, 5.41) is 0. The normalized spacial score (nSPS) is 11.9. The van der Waals surface area contributed by atoms with E-state index in [1.807, 2.05) is 31.2 Å². The molecule has 0 N–H and O–H groups in total. The molecule has 1 rings (SSSR count). The summed E-state index contributed by atoms with van der Waals surface area (Å²) in [5.74, 6) is 0.905. The van der Waals surface area contributed by atoms with E-state index in [0.29, 0.717) is 5.57 Å². The second-order valence-electron chi connectivity index (χ2n) is 3.43. The number of rotatable bonds is 5. The van der Waals surface area contributed by atoms with Gasteiger partial charge in [0, 0.05) is 5.92 Å². The van der Waals surface area contributed by atoms with E-state index in [-0.39, 0.29) is 5.92 Å². The summed E-state index contributed by atoms with van der Waals surface area (Å²) in [6.45, 7) is 5.81. The molecule has 0 aliphatic heterocycles. The summed E-state index contributed by atoms with van der Waals surface area (Å²) in [4.78, 5) is 10.7. The van der Waals surface area contributed by atoms with E-state index >= 15 is 0 Å². The average molecular weight is 204 g/mol. The van der Waals surface area contributed by atoms with Gasteiger partial charge >= 0.3 is 0 Å². The topological polar surface area (TPSA) is 26.3 Å². The fourth-order valence-electron chi connectivity index (χ4n) is 1.65. The van der Waals surface area contributed by atoms with Gasteiger partial charge in [-0.3, -0.25) is 4.79 Å². The van der Waals surface area contributed by atoms with E-state index < -0.39 is 0 Å². The number of hydrogen-bond acceptors (Lipinski definition) is 2. The van der Waals surface area contributed by atoms with Crippen molar-refractivity contribution in [1.29, 1.82) is 0 Å². The van der Waals surface area contributed by atoms with Crippen molar-refractivity contribution < 1.29 is 9.53 Å². The molecule has 2 nitrogen and oxygen atoms in total. The Hall–Kier alpha value is -1.57. The predicted molar refractivity (Wildman–Crippen MR) is 61.2 cm³/mol. The zero-order chi connectivity index (χ0) is 11.3. The van der Waals surface area contributed by atoms with Gasteiger partial charge in [-0.15, -0.1) is 0 Å². The van der Waals surface area contributed by atoms with Crippen molar-refractivity contribution in [2.24, 2.45) is 0 Å². The van der Waals surface area contributed by atoms with Crippen LogP contribution in [0.2, 0.25) is 0 Å². The minimum absolute atomic E-state index is 0.0950. The minimum Gasteiger partial charge on any atom is -0.497 e. The third-order valence-electron chi connectivity index (χ3n) is 2.50. The Morgan fingerprint density at radius 1 is 1.60 bits per heavy atom. The number of ether oxygens (including phenoxy) is 1. The van der Waals surface area contributed by atoms with Crippen molar-refractivity contribution in [3.8, 4) is 5.75 Å². The Labute approximate surface area is 90.6 Å². The second-order valence-corrected chi connectivity index (χ2v) is 3.43. The standard InChI is InChI=1S/C13H16O2/c1-4-13(10(2)9-14)11-6-5-7-12(8-11)15-3/h5-9,13H,2,4H2,1,3H3/t13-/m0/s1. The van der Waals surface area contributed by atoms with E-state index in [0.717, 1.165) is 24.0 Å². The first-order valence-electron chi connectivity index (χ1n) is 5.00. The molecule has 80 valence electrons. The molecule has 0 aliphatic rings. The molecule has 0 fully saturated rings. The molecule has 0 saturated heterocycles. The molecule has 0 saturated carbocycles. The van der Waals surface area contributed by atoms with Crippen LogP contribution in [0.5, 0.6) is 5.75 Å². The van der Waals surface area contributed by atoms with E-state index in [2.05, 4.69) is 6.58 Å². The smallest absolute Gasteiger partial charge is 0.146 e. The Balaban J connectivity index is 3.01. The minimum atomic E-state index is 0.0950. The largest absolute Gasteiger partial charge is 0.497 e. The summed E-state index contributed by atoms with van der Waals surface area (Å²) in [6.07, 6.45) is 1.69. The van der Waals surface area contributed by atoms with Crippen LogP contribution >= 0.6 is 0 Å². The number of allylic oxidation sites excluding steroid dienone is 1. The first-order valence-corrected chi connectivity index (χ1v) is 5.00. The van der Waals surface area contributed by atoms with Crippen molar-refractivity contribution in [1.82, 2.24) is 0 Å². The number of benzene rings is 1. The highest BCUT2D eigenvalue weighted by atomic mass is 16.5. The molecule has 1 aromatic carbocycles. The van der Waals surface area contributed by atoms with Crippen molar-refractivity contribution in [3.05, 3.63) is 42.0 Å². The van der Waals surface area contributed by atoms with Gasteiger partial charge in [0.25, 0.3) is 0 Å². The van der Waals surface area contributed by atoms with Gasteiger partial charge in [0.05, 0.1) is 7.11 Å². The molecule has 0 bridgehead atoms. The lowest BCUT2D eigenvalue weighted by Gasteiger charge is -2.14. The molecular weight excluding hydrogens is 188 g/mol. The fraction of sp³-hybridized carbons (Fsp3) is 0.308. The van der Waals surface area contributed by atoms with Gasteiger partial charge in [0.15, 0.2) is 0 Å². The summed E-state index contributed by atoms with van der Waals surface area (Å²) in [6, 6.07) is 7.75. The fourth-order valence-corrected chi connectivity index (χ4v) is 1.65. The van der Waals surface area contributed by atoms with Crippen molar-refractivity contribution in [2.75, 3.05) is 7.11 Å². The Bertz CT molecular complexity index is 355. The van der Waals surface area contributed by atoms with Gasteiger partial charge in [0.1, 0.15) is 12.0 Å². The summed E-state index contributed by atoms with van der Waals surface area (Å²) >= 11 is 0. The quantitative estimate of drug-likeness (QED) is 0.544. The van der Waals surface area contributed by atoms with Crippen molar-refractivity contribution in [2.45, 2.75) is 19.3 Å². The number of hydrogen-bond donors (Lipinski definition) is 0. The maximum Gasteiger partial charge on any atom is 0.146 e. The molecule has 0 spiro atoms. The van der Waals surface area contributed by atoms with Crippen LogP contribution in [-0.2, 0) is 4.79 Å². The van der Waals surface area contributed by atoms with Crippen LogP contribution in [0.4, 0.5) is 0 Å². The average Bonchev–Trinajstić information content (AvgIpc) is 2.30. The summed E-state index contributed by atoms with van der Waals surface area (Å²) in [7, 11) is 1.63. The molecule has 1 aromatic rings. The molecule has 2 heteroatoms. The maximum absolute atomic E-state index is 10.7. The van der Waals surface area contributed by atoms with Crippen LogP contribution in [0.15, 0.2) is 36.4 Å². The van der Waals surface area contributed by atoms with Crippen molar-refractivity contribution in [3.63, 3.8) is 0 Å². The molecular formula is C13H16O2. The Morgan fingerprint density at radius 2 is 2.33 bits per heavy atom. The number of aldehydes is 1. The third-order valence-corrected chi connectivity index (χ3v) is 2.50. The van der Waals surface area contributed by atoms with Gasteiger partial charge in [-0.25, -0.2) is 0 Å². The van der Waals surface area contributed by atoms with Gasteiger partial charge in [-0.1, -0.05) is 25.6 Å². The Kier molecular flexibility index (Phi) is 4.10. The number of carbonyl (C=O) groups excluding carboxylic acids is 1. The molecule has 0 heterocycles. The lowest BCUT2D eigenvalue weighted by atomic mass is 9.90. The van der Waals surface area contributed by atoms with Crippen LogP contribution in [0.25, 0.3) is 0 Å². The number of carbonyl (C=O) groups is 1. The summed E-state index contributed by atoms with van der Waals surface area (Å²) < 4.78 is 5.14. The van der Waals surface area contributed by atoms with Gasteiger partial charge in [-0.2, -0.15) is 0 Å². The lowest BCUT2D eigenvalue weighted by molar-refractivity contribution is -0.105. The van der Waals surface area contributed by atoms with E-state index in [4.69, 9.17) is 4.74 Å². The maximum atomic E-state index is 10.7. The van der Waals surface area contributed by atoms with E-state index in [9.17, 15) is 4.79 Å². The SMILES string of the molecule is C=C(C=O)[C@H](CC)c1cccc(OC)c1. The second kappa shape index (κ2) is 5.35. The third kappa shape index (κ3) is 2.69. The highest BCUT2D eigenvalue weighted by Crippen LogP contribution is 2.27. The molecule has 0 radical (unpaired) electrons. The molecule has 0 unspecified atom stereocenters. The summed E-state index contributed by atoms with van der Waals surface area (Å²) in [5.41, 5.74) is 1.69. The first-order chi connectivity index (χ1) is 7.22. The van der Waals surface area contributed by atoms with Gasteiger partial charge in [-0.05, 0) is 29.7 Å². The van der Waals surface area contributed by atoms with Gasteiger partial charge < -0.3 is 4.74 Å². The molecule has 0 aromatic heterocycles. The van der Waals surface area contributed by atoms with Crippen LogP contribution in [0.3, 0.4) is 0 Å². The van der Waals surface area contributed by atoms with Crippen molar-refractivity contribution >= 4 is 6.29 Å². The van der Waals surface area contributed by atoms with Gasteiger partial charge in [0.2, 0.25) is 0 Å². The van der Waals surface area contributed by atoms with Crippen LogP contribution < -0.4 is 4.74 Å². The lowest BCUT2D eigenvalue weighted by Crippen LogP contribution is -2.01. The van der Waals surface area contributed by atoms with E-state index in [1.165, 1.54) is 0 Å².